The zero-order valence-corrected chi connectivity index (χ0v) is 12.0. The van der Waals surface area contributed by atoms with Crippen molar-refractivity contribution < 1.29 is 4.79 Å². The van der Waals surface area contributed by atoms with Crippen LogP contribution in [0.5, 0.6) is 0 Å². The average molecular weight is 286 g/mol. The van der Waals surface area contributed by atoms with E-state index in [-0.39, 0.29) is 5.91 Å². The molecule has 0 spiro atoms. The molecule has 0 atom stereocenters. The summed E-state index contributed by atoms with van der Waals surface area (Å²) in [6.07, 6.45) is 5.38. The molecule has 1 heterocycles. The highest BCUT2D eigenvalue weighted by Gasteiger charge is 2.24. The Hall–Kier alpha value is -0.950. The minimum absolute atomic E-state index is 0.116. The quantitative estimate of drug-likeness (QED) is 0.666. The standard InChI is InChI=1S/C11H18N4OS2/c1-17-6-2-5-13-10(16)8-9(12)15-11(18-8)14-7-3-4-7/h7H,2-6,12H2,1H3,(H,13,16)(H,14,15). The molecule has 1 aliphatic carbocycles. The molecule has 0 bridgehead atoms. The smallest absolute Gasteiger partial charge is 0.265 e. The molecule has 0 aliphatic heterocycles. The summed E-state index contributed by atoms with van der Waals surface area (Å²) in [6.45, 7) is 0.683. The highest BCUT2D eigenvalue weighted by Crippen LogP contribution is 2.30. The number of nitrogen functional groups attached to an aromatic ring is 1. The zero-order valence-electron chi connectivity index (χ0n) is 10.4. The Bertz CT molecular complexity index is 417. The van der Waals surface area contributed by atoms with Crippen LogP contribution < -0.4 is 16.4 Å². The fourth-order valence-electron chi connectivity index (χ4n) is 1.46. The van der Waals surface area contributed by atoms with E-state index in [0.717, 1.165) is 17.3 Å². The van der Waals surface area contributed by atoms with Crippen molar-refractivity contribution >= 4 is 40.0 Å². The van der Waals surface area contributed by atoms with E-state index in [1.807, 2.05) is 0 Å². The number of amides is 1. The highest BCUT2D eigenvalue weighted by atomic mass is 32.2. The van der Waals surface area contributed by atoms with Crippen LogP contribution >= 0.6 is 23.1 Å². The number of carbonyl (C=O) groups excluding carboxylic acids is 1. The maximum Gasteiger partial charge on any atom is 0.265 e. The second-order valence-electron chi connectivity index (χ2n) is 4.25. The Kier molecular flexibility index (Phi) is 4.71. The van der Waals surface area contributed by atoms with E-state index in [1.165, 1.54) is 24.2 Å². The molecule has 1 aromatic heterocycles. The van der Waals surface area contributed by atoms with E-state index in [9.17, 15) is 4.79 Å². The van der Waals surface area contributed by atoms with Gasteiger partial charge in [0.15, 0.2) is 5.13 Å². The maximum absolute atomic E-state index is 11.9. The minimum Gasteiger partial charge on any atom is -0.382 e. The van der Waals surface area contributed by atoms with Crippen molar-refractivity contribution in [2.45, 2.75) is 25.3 Å². The second kappa shape index (κ2) is 6.29. The molecule has 100 valence electrons. The van der Waals surface area contributed by atoms with E-state index in [1.54, 1.807) is 11.8 Å². The van der Waals surface area contributed by atoms with E-state index in [0.29, 0.717) is 23.3 Å². The summed E-state index contributed by atoms with van der Waals surface area (Å²) < 4.78 is 0. The topological polar surface area (TPSA) is 80.0 Å². The third-order valence-corrected chi connectivity index (χ3v) is 4.27. The Morgan fingerprint density at radius 3 is 3.06 bits per heavy atom. The van der Waals surface area contributed by atoms with Gasteiger partial charge in [-0.1, -0.05) is 11.3 Å². The summed E-state index contributed by atoms with van der Waals surface area (Å²) >= 11 is 3.11. The summed E-state index contributed by atoms with van der Waals surface area (Å²) in [6, 6.07) is 0.521. The zero-order chi connectivity index (χ0) is 13.0. The van der Waals surface area contributed by atoms with Crippen LogP contribution in [0.15, 0.2) is 0 Å². The lowest BCUT2D eigenvalue weighted by molar-refractivity contribution is 0.0958. The first kappa shape index (κ1) is 13.5. The fraction of sp³-hybridized carbons (Fsp3) is 0.636. The summed E-state index contributed by atoms with van der Waals surface area (Å²) in [5.41, 5.74) is 5.76. The van der Waals surface area contributed by atoms with Crippen molar-refractivity contribution in [2.75, 3.05) is 29.6 Å². The van der Waals surface area contributed by atoms with E-state index < -0.39 is 0 Å². The number of thiazole rings is 1. The van der Waals surface area contributed by atoms with Gasteiger partial charge in [0.05, 0.1) is 0 Å². The van der Waals surface area contributed by atoms with E-state index >= 15 is 0 Å². The molecular formula is C11H18N4OS2. The molecule has 7 heteroatoms. The van der Waals surface area contributed by atoms with Gasteiger partial charge in [-0.15, -0.1) is 0 Å². The van der Waals surface area contributed by atoms with Gasteiger partial charge in [0.1, 0.15) is 10.7 Å². The summed E-state index contributed by atoms with van der Waals surface area (Å²) in [5.74, 6) is 1.26. The first-order chi connectivity index (χ1) is 8.70. The monoisotopic (exact) mass is 286 g/mol. The van der Waals surface area contributed by atoms with Gasteiger partial charge in [0, 0.05) is 12.6 Å². The van der Waals surface area contributed by atoms with Crippen LogP contribution in [0.1, 0.15) is 28.9 Å². The fourth-order valence-corrected chi connectivity index (χ4v) is 2.77. The van der Waals surface area contributed by atoms with Gasteiger partial charge >= 0.3 is 0 Å². The van der Waals surface area contributed by atoms with Gasteiger partial charge < -0.3 is 16.4 Å². The number of aromatic nitrogens is 1. The van der Waals surface area contributed by atoms with Gasteiger partial charge in [-0.05, 0) is 31.3 Å². The molecular weight excluding hydrogens is 268 g/mol. The van der Waals surface area contributed by atoms with Crippen molar-refractivity contribution in [2.24, 2.45) is 0 Å². The SMILES string of the molecule is CSCCCNC(=O)c1sc(NC2CC2)nc1N. The van der Waals surface area contributed by atoms with Crippen molar-refractivity contribution in [1.82, 2.24) is 10.3 Å². The summed E-state index contributed by atoms with van der Waals surface area (Å²) in [4.78, 5) is 16.6. The first-order valence-electron chi connectivity index (χ1n) is 6.00. The number of thioether (sulfide) groups is 1. The van der Waals surface area contributed by atoms with Crippen molar-refractivity contribution in [3.05, 3.63) is 4.88 Å². The van der Waals surface area contributed by atoms with Crippen LogP contribution in [0.3, 0.4) is 0 Å². The molecule has 1 saturated carbocycles. The van der Waals surface area contributed by atoms with Gasteiger partial charge in [-0.25, -0.2) is 4.98 Å². The van der Waals surface area contributed by atoms with Gasteiger partial charge in [0.25, 0.3) is 5.91 Å². The minimum atomic E-state index is -0.116. The lowest BCUT2D eigenvalue weighted by Gasteiger charge is -2.02. The number of anilines is 2. The number of rotatable bonds is 7. The number of nitrogens with zero attached hydrogens (tertiary/aromatic N) is 1. The second-order valence-corrected chi connectivity index (χ2v) is 6.24. The molecule has 0 saturated heterocycles. The number of carbonyl (C=O) groups is 1. The Balaban J connectivity index is 1.86. The molecule has 0 radical (unpaired) electrons. The van der Waals surface area contributed by atoms with Crippen molar-refractivity contribution in [3.8, 4) is 0 Å². The summed E-state index contributed by atoms with van der Waals surface area (Å²) in [7, 11) is 0. The molecule has 5 nitrogen and oxygen atoms in total. The van der Waals surface area contributed by atoms with Crippen LogP contribution in [0, 0.1) is 0 Å². The van der Waals surface area contributed by atoms with E-state index in [4.69, 9.17) is 5.73 Å². The molecule has 0 unspecified atom stereocenters. The molecule has 1 amide bonds. The Morgan fingerprint density at radius 2 is 2.39 bits per heavy atom. The third-order valence-electron chi connectivity index (χ3n) is 2.58. The number of hydrogen-bond acceptors (Lipinski definition) is 6. The predicted molar refractivity (Wildman–Crippen MR) is 78.5 cm³/mol. The lowest BCUT2D eigenvalue weighted by Crippen LogP contribution is -2.24. The molecule has 0 aromatic carbocycles. The molecule has 1 aliphatic rings. The first-order valence-corrected chi connectivity index (χ1v) is 8.21. The van der Waals surface area contributed by atoms with Crippen LogP contribution in [0.2, 0.25) is 0 Å². The molecule has 4 N–H and O–H groups in total. The Labute approximate surface area is 115 Å². The van der Waals surface area contributed by atoms with Crippen LogP contribution in [0.25, 0.3) is 0 Å². The van der Waals surface area contributed by atoms with Crippen LogP contribution in [-0.4, -0.2) is 35.5 Å². The lowest BCUT2D eigenvalue weighted by atomic mass is 10.4. The predicted octanol–water partition coefficient (Wildman–Crippen LogP) is 1.78. The third kappa shape index (κ3) is 3.78. The number of nitrogens with two attached hydrogens (primary N) is 1. The Morgan fingerprint density at radius 1 is 1.61 bits per heavy atom. The average Bonchev–Trinajstić information content (AvgIpc) is 3.07. The highest BCUT2D eigenvalue weighted by molar-refractivity contribution is 7.98. The molecule has 1 fully saturated rings. The van der Waals surface area contributed by atoms with Gasteiger partial charge in [-0.3, -0.25) is 4.79 Å². The molecule has 1 aromatic rings. The van der Waals surface area contributed by atoms with Crippen molar-refractivity contribution in [3.63, 3.8) is 0 Å². The molecule has 2 rings (SSSR count). The summed E-state index contributed by atoms with van der Waals surface area (Å²) in [5, 5.41) is 6.87. The van der Waals surface area contributed by atoms with Crippen LogP contribution in [-0.2, 0) is 0 Å². The number of nitrogens with one attached hydrogen (secondary N) is 2. The van der Waals surface area contributed by atoms with E-state index in [2.05, 4.69) is 21.9 Å². The maximum atomic E-state index is 11.9. The van der Waals surface area contributed by atoms with Gasteiger partial charge in [0.2, 0.25) is 0 Å². The van der Waals surface area contributed by atoms with Crippen molar-refractivity contribution in [1.29, 1.82) is 0 Å². The largest absolute Gasteiger partial charge is 0.382 e. The molecule has 18 heavy (non-hydrogen) atoms. The normalized spacial score (nSPS) is 14.5. The number of hydrogen-bond donors (Lipinski definition) is 3. The van der Waals surface area contributed by atoms with Crippen LogP contribution in [0.4, 0.5) is 10.9 Å². The van der Waals surface area contributed by atoms with Gasteiger partial charge in [-0.2, -0.15) is 11.8 Å².